The lowest BCUT2D eigenvalue weighted by Gasteiger charge is -2.21. The SMILES string of the molecule is C[C@H](CONC(=O)O)NC(=O)OC(C)(C)C. The summed E-state index contributed by atoms with van der Waals surface area (Å²) < 4.78 is 4.99. The van der Waals surface area contributed by atoms with Gasteiger partial charge in [0, 0.05) is 0 Å². The monoisotopic (exact) mass is 234 g/mol. The zero-order chi connectivity index (χ0) is 12.8. The number of carbonyl (C=O) groups is 2. The fourth-order valence-electron chi connectivity index (χ4n) is 0.779. The van der Waals surface area contributed by atoms with Crippen LogP contribution in [-0.2, 0) is 9.57 Å². The van der Waals surface area contributed by atoms with Crippen molar-refractivity contribution in [1.29, 1.82) is 0 Å². The van der Waals surface area contributed by atoms with Crippen molar-refractivity contribution in [2.24, 2.45) is 0 Å². The zero-order valence-electron chi connectivity index (χ0n) is 9.86. The van der Waals surface area contributed by atoms with E-state index in [1.807, 2.05) is 0 Å². The highest BCUT2D eigenvalue weighted by atomic mass is 16.7. The Morgan fingerprint density at radius 2 is 1.94 bits per heavy atom. The molecule has 3 N–H and O–H groups in total. The van der Waals surface area contributed by atoms with Gasteiger partial charge in [0.1, 0.15) is 5.60 Å². The molecule has 0 heterocycles. The Hall–Kier alpha value is -1.50. The van der Waals surface area contributed by atoms with Crippen molar-refractivity contribution in [2.45, 2.75) is 39.3 Å². The molecule has 0 saturated carbocycles. The van der Waals surface area contributed by atoms with E-state index >= 15 is 0 Å². The van der Waals surface area contributed by atoms with Crippen LogP contribution in [0.2, 0.25) is 0 Å². The number of alkyl carbamates (subject to hydrolysis) is 1. The Labute approximate surface area is 94.1 Å². The summed E-state index contributed by atoms with van der Waals surface area (Å²) in [7, 11) is 0. The van der Waals surface area contributed by atoms with E-state index < -0.39 is 17.8 Å². The second-order valence-electron chi connectivity index (χ2n) is 4.27. The molecule has 0 aromatic carbocycles. The molecule has 1 atom stereocenters. The summed E-state index contributed by atoms with van der Waals surface area (Å²) >= 11 is 0. The predicted octanol–water partition coefficient (Wildman–Crippen LogP) is 1.10. The summed E-state index contributed by atoms with van der Waals surface area (Å²) in [5.74, 6) is 0. The van der Waals surface area contributed by atoms with Crippen molar-refractivity contribution in [2.75, 3.05) is 6.61 Å². The molecular formula is C9H18N2O5. The van der Waals surface area contributed by atoms with E-state index in [4.69, 9.17) is 9.84 Å². The van der Waals surface area contributed by atoms with Gasteiger partial charge in [-0.15, -0.1) is 0 Å². The van der Waals surface area contributed by atoms with E-state index in [9.17, 15) is 9.59 Å². The molecule has 0 spiro atoms. The van der Waals surface area contributed by atoms with Crippen molar-refractivity contribution in [3.63, 3.8) is 0 Å². The normalized spacial score (nSPS) is 12.8. The Morgan fingerprint density at radius 3 is 2.38 bits per heavy atom. The number of hydrogen-bond acceptors (Lipinski definition) is 4. The molecule has 0 saturated heterocycles. The van der Waals surface area contributed by atoms with Gasteiger partial charge in [0.2, 0.25) is 0 Å². The first-order valence-corrected chi connectivity index (χ1v) is 4.81. The smallest absolute Gasteiger partial charge is 0.428 e. The van der Waals surface area contributed by atoms with Crippen LogP contribution in [0.25, 0.3) is 0 Å². The number of rotatable bonds is 4. The van der Waals surface area contributed by atoms with Gasteiger partial charge >= 0.3 is 12.2 Å². The lowest BCUT2D eigenvalue weighted by Crippen LogP contribution is -2.41. The first kappa shape index (κ1) is 14.5. The maximum atomic E-state index is 11.2. The molecule has 16 heavy (non-hydrogen) atoms. The first-order chi connectivity index (χ1) is 7.20. The molecule has 0 unspecified atom stereocenters. The summed E-state index contributed by atoms with van der Waals surface area (Å²) in [6.07, 6.45) is -1.86. The minimum atomic E-state index is -1.29. The Balaban J connectivity index is 3.74. The van der Waals surface area contributed by atoms with Crippen molar-refractivity contribution >= 4 is 12.2 Å². The first-order valence-electron chi connectivity index (χ1n) is 4.81. The van der Waals surface area contributed by atoms with Gasteiger partial charge in [-0.2, -0.15) is 5.48 Å². The molecule has 7 heteroatoms. The van der Waals surface area contributed by atoms with E-state index in [0.29, 0.717) is 0 Å². The molecule has 0 aromatic rings. The van der Waals surface area contributed by atoms with E-state index in [-0.39, 0.29) is 12.6 Å². The van der Waals surface area contributed by atoms with E-state index in [0.717, 1.165) is 0 Å². The Morgan fingerprint density at radius 1 is 1.38 bits per heavy atom. The van der Waals surface area contributed by atoms with Gasteiger partial charge < -0.3 is 15.2 Å². The molecule has 7 nitrogen and oxygen atoms in total. The van der Waals surface area contributed by atoms with Gasteiger partial charge in [0.25, 0.3) is 0 Å². The van der Waals surface area contributed by atoms with Crippen LogP contribution in [0.5, 0.6) is 0 Å². The highest BCUT2D eigenvalue weighted by molar-refractivity contribution is 5.68. The summed E-state index contributed by atoms with van der Waals surface area (Å²) in [6.45, 7) is 6.93. The van der Waals surface area contributed by atoms with Crippen LogP contribution in [0.1, 0.15) is 27.7 Å². The lowest BCUT2D eigenvalue weighted by molar-refractivity contribution is 0.0236. The van der Waals surface area contributed by atoms with Gasteiger partial charge in [-0.3, -0.25) is 4.84 Å². The average molecular weight is 234 g/mol. The second-order valence-corrected chi connectivity index (χ2v) is 4.27. The number of carbonyl (C=O) groups excluding carboxylic acids is 1. The van der Waals surface area contributed by atoms with Crippen LogP contribution in [0.4, 0.5) is 9.59 Å². The Bertz CT molecular complexity index is 249. The van der Waals surface area contributed by atoms with Crippen LogP contribution in [-0.4, -0.2) is 35.5 Å². The highest BCUT2D eigenvalue weighted by Crippen LogP contribution is 2.06. The molecule has 0 aliphatic carbocycles. The van der Waals surface area contributed by atoms with Crippen molar-refractivity contribution < 1.29 is 24.3 Å². The van der Waals surface area contributed by atoms with Crippen LogP contribution >= 0.6 is 0 Å². The quantitative estimate of drug-likeness (QED) is 0.633. The fourth-order valence-corrected chi connectivity index (χ4v) is 0.779. The summed E-state index contributed by atoms with van der Waals surface area (Å²) in [6, 6.07) is -0.360. The van der Waals surface area contributed by atoms with Crippen molar-refractivity contribution in [3.8, 4) is 0 Å². The van der Waals surface area contributed by atoms with Crippen molar-refractivity contribution in [3.05, 3.63) is 0 Å². The number of nitrogens with one attached hydrogen (secondary N) is 2. The third-order valence-electron chi connectivity index (χ3n) is 1.26. The minimum Gasteiger partial charge on any atom is -0.464 e. The molecule has 2 amide bonds. The molecular weight excluding hydrogens is 216 g/mol. The van der Waals surface area contributed by atoms with E-state index in [1.54, 1.807) is 33.2 Å². The predicted molar refractivity (Wildman–Crippen MR) is 55.9 cm³/mol. The lowest BCUT2D eigenvalue weighted by atomic mass is 10.2. The van der Waals surface area contributed by atoms with Crippen LogP contribution in [0, 0.1) is 0 Å². The third kappa shape index (κ3) is 9.07. The van der Waals surface area contributed by atoms with Crippen LogP contribution < -0.4 is 10.8 Å². The second kappa shape index (κ2) is 6.16. The van der Waals surface area contributed by atoms with E-state index in [1.165, 1.54) is 0 Å². The standard InChI is InChI=1S/C9H18N2O5/c1-6(5-15-11-7(12)13)10-8(14)16-9(2,3)4/h6,11H,5H2,1-4H3,(H,10,14)(H,12,13)/t6-/m1/s1. The number of amides is 2. The minimum absolute atomic E-state index is 0.0194. The Kier molecular flexibility index (Phi) is 5.59. The van der Waals surface area contributed by atoms with Gasteiger partial charge in [0.05, 0.1) is 12.6 Å². The molecule has 0 aliphatic heterocycles. The van der Waals surface area contributed by atoms with Crippen LogP contribution in [0.3, 0.4) is 0 Å². The number of hydrogen-bond donors (Lipinski definition) is 3. The number of carboxylic acid groups (broad SMARTS) is 1. The molecule has 0 rings (SSSR count). The maximum Gasteiger partial charge on any atom is 0.428 e. The fraction of sp³-hybridized carbons (Fsp3) is 0.778. The third-order valence-corrected chi connectivity index (χ3v) is 1.26. The largest absolute Gasteiger partial charge is 0.464 e. The molecule has 0 aromatic heterocycles. The summed E-state index contributed by atoms with van der Waals surface area (Å²) in [5, 5.41) is 10.7. The molecule has 0 fully saturated rings. The maximum absolute atomic E-state index is 11.2. The zero-order valence-corrected chi connectivity index (χ0v) is 9.86. The van der Waals surface area contributed by atoms with Crippen molar-refractivity contribution in [1.82, 2.24) is 10.8 Å². The molecule has 0 aliphatic rings. The van der Waals surface area contributed by atoms with Gasteiger partial charge in [-0.05, 0) is 27.7 Å². The number of ether oxygens (including phenoxy) is 1. The highest BCUT2D eigenvalue weighted by Gasteiger charge is 2.17. The molecule has 0 bridgehead atoms. The number of hydroxylamine groups is 1. The topological polar surface area (TPSA) is 96.9 Å². The average Bonchev–Trinajstić information content (AvgIpc) is 1.98. The van der Waals surface area contributed by atoms with Gasteiger partial charge in [-0.1, -0.05) is 0 Å². The molecule has 94 valence electrons. The summed E-state index contributed by atoms with van der Waals surface area (Å²) in [5.41, 5.74) is 1.16. The van der Waals surface area contributed by atoms with Crippen LogP contribution in [0.15, 0.2) is 0 Å². The molecule has 0 radical (unpaired) electrons. The van der Waals surface area contributed by atoms with E-state index in [2.05, 4.69) is 10.2 Å². The summed E-state index contributed by atoms with van der Waals surface area (Å²) in [4.78, 5) is 25.9. The van der Waals surface area contributed by atoms with Gasteiger partial charge in [-0.25, -0.2) is 9.59 Å². The van der Waals surface area contributed by atoms with Gasteiger partial charge in [0.15, 0.2) is 0 Å².